The third-order valence-electron chi connectivity index (χ3n) is 4.70. The van der Waals surface area contributed by atoms with Crippen molar-refractivity contribution < 1.29 is 5.11 Å². The lowest BCUT2D eigenvalue weighted by molar-refractivity contribution is 0.0763. The van der Waals surface area contributed by atoms with E-state index in [1.807, 2.05) is 6.92 Å². The van der Waals surface area contributed by atoms with Crippen LogP contribution in [0.4, 0.5) is 5.82 Å². The normalized spacial score (nSPS) is 26.1. The molecule has 3 rings (SSSR count). The molecule has 1 aromatic rings. The van der Waals surface area contributed by atoms with E-state index in [-0.39, 0.29) is 6.10 Å². The van der Waals surface area contributed by atoms with E-state index >= 15 is 0 Å². The van der Waals surface area contributed by atoms with Gasteiger partial charge in [-0.3, -0.25) is 0 Å². The van der Waals surface area contributed by atoms with Crippen LogP contribution in [-0.4, -0.2) is 27.7 Å². The van der Waals surface area contributed by atoms with Gasteiger partial charge in [0, 0.05) is 23.7 Å². The molecular formula is C16H25N3O. The van der Waals surface area contributed by atoms with E-state index in [4.69, 9.17) is 0 Å². The Bertz CT molecular complexity index is 475. The largest absolute Gasteiger partial charge is 0.393 e. The van der Waals surface area contributed by atoms with Gasteiger partial charge >= 0.3 is 0 Å². The first-order valence-electron chi connectivity index (χ1n) is 8.02. The summed E-state index contributed by atoms with van der Waals surface area (Å²) in [5.41, 5.74) is 2.54. The molecule has 2 unspecified atom stereocenters. The minimum atomic E-state index is -0.144. The monoisotopic (exact) mass is 275 g/mol. The number of fused-ring (bicyclic) bond motifs is 1. The van der Waals surface area contributed by atoms with Crippen molar-refractivity contribution in [2.75, 3.05) is 11.9 Å². The molecule has 1 fully saturated rings. The number of nitrogens with one attached hydrogen (secondary N) is 1. The Morgan fingerprint density at radius 3 is 2.75 bits per heavy atom. The van der Waals surface area contributed by atoms with Crippen LogP contribution >= 0.6 is 0 Å². The van der Waals surface area contributed by atoms with Gasteiger partial charge in [0.1, 0.15) is 11.6 Å². The highest BCUT2D eigenvalue weighted by atomic mass is 16.3. The summed E-state index contributed by atoms with van der Waals surface area (Å²) in [6.45, 7) is 2.81. The van der Waals surface area contributed by atoms with Crippen LogP contribution in [0, 0.1) is 12.8 Å². The fourth-order valence-electron chi connectivity index (χ4n) is 3.52. The highest BCUT2D eigenvalue weighted by Crippen LogP contribution is 2.28. The number of nitrogens with zero attached hydrogens (tertiary/aromatic N) is 2. The Balaban J connectivity index is 1.72. The summed E-state index contributed by atoms with van der Waals surface area (Å²) >= 11 is 0. The second-order valence-corrected chi connectivity index (χ2v) is 6.24. The molecule has 0 amide bonds. The predicted octanol–water partition coefficient (Wildman–Crippen LogP) is 2.63. The second-order valence-electron chi connectivity index (χ2n) is 6.24. The molecule has 0 aromatic carbocycles. The molecule has 1 aromatic heterocycles. The fraction of sp³-hybridized carbons (Fsp3) is 0.750. The van der Waals surface area contributed by atoms with Crippen molar-refractivity contribution in [1.82, 2.24) is 9.97 Å². The Labute approximate surface area is 121 Å². The summed E-state index contributed by atoms with van der Waals surface area (Å²) in [6.07, 6.45) is 8.99. The molecule has 0 bridgehead atoms. The summed E-state index contributed by atoms with van der Waals surface area (Å²) in [7, 11) is 0. The minimum Gasteiger partial charge on any atom is -0.393 e. The van der Waals surface area contributed by atoms with Gasteiger partial charge in [0.25, 0.3) is 0 Å². The van der Waals surface area contributed by atoms with Crippen molar-refractivity contribution in [2.24, 2.45) is 5.92 Å². The number of aliphatic hydroxyl groups excluding tert-OH is 1. The van der Waals surface area contributed by atoms with Crippen LogP contribution in [0.5, 0.6) is 0 Å². The van der Waals surface area contributed by atoms with Crippen LogP contribution in [0.25, 0.3) is 0 Å². The first-order valence-corrected chi connectivity index (χ1v) is 8.02. The number of aliphatic hydroxyl groups is 1. The number of aromatic nitrogens is 2. The molecule has 2 N–H and O–H groups in total. The van der Waals surface area contributed by atoms with Crippen LogP contribution in [0.1, 0.15) is 55.6 Å². The van der Waals surface area contributed by atoms with E-state index < -0.39 is 0 Å². The molecule has 2 aliphatic carbocycles. The number of hydrogen-bond donors (Lipinski definition) is 2. The Hall–Kier alpha value is -1.16. The van der Waals surface area contributed by atoms with Crippen molar-refractivity contribution in [3.63, 3.8) is 0 Å². The molecule has 0 aliphatic heterocycles. The van der Waals surface area contributed by atoms with E-state index in [9.17, 15) is 5.11 Å². The van der Waals surface area contributed by atoms with Gasteiger partial charge in [0.2, 0.25) is 0 Å². The quantitative estimate of drug-likeness (QED) is 0.890. The Morgan fingerprint density at radius 2 is 1.90 bits per heavy atom. The smallest absolute Gasteiger partial charge is 0.133 e. The summed E-state index contributed by atoms with van der Waals surface area (Å²) in [5, 5.41) is 13.6. The summed E-state index contributed by atoms with van der Waals surface area (Å²) in [4.78, 5) is 9.18. The maximum atomic E-state index is 10.1. The van der Waals surface area contributed by atoms with Gasteiger partial charge in [-0.2, -0.15) is 0 Å². The highest BCUT2D eigenvalue weighted by Gasteiger charge is 2.24. The lowest BCUT2D eigenvalue weighted by Gasteiger charge is -2.28. The first kappa shape index (κ1) is 13.8. The highest BCUT2D eigenvalue weighted by molar-refractivity contribution is 5.47. The molecular weight excluding hydrogens is 250 g/mol. The maximum Gasteiger partial charge on any atom is 0.133 e. The third kappa shape index (κ3) is 2.95. The molecule has 20 heavy (non-hydrogen) atoms. The second kappa shape index (κ2) is 6.08. The fourth-order valence-corrected chi connectivity index (χ4v) is 3.52. The number of hydrogen-bond acceptors (Lipinski definition) is 4. The topological polar surface area (TPSA) is 58.0 Å². The van der Waals surface area contributed by atoms with Crippen molar-refractivity contribution in [3.8, 4) is 0 Å². The van der Waals surface area contributed by atoms with Crippen molar-refractivity contribution in [3.05, 3.63) is 17.1 Å². The van der Waals surface area contributed by atoms with Crippen LogP contribution in [0.15, 0.2) is 0 Å². The van der Waals surface area contributed by atoms with E-state index in [2.05, 4.69) is 15.3 Å². The molecule has 2 atom stereocenters. The lowest BCUT2D eigenvalue weighted by atomic mass is 9.86. The Morgan fingerprint density at radius 1 is 1.10 bits per heavy atom. The van der Waals surface area contributed by atoms with Gasteiger partial charge < -0.3 is 10.4 Å². The van der Waals surface area contributed by atoms with Gasteiger partial charge in [-0.15, -0.1) is 0 Å². The average molecular weight is 275 g/mol. The number of anilines is 1. The van der Waals surface area contributed by atoms with E-state index in [1.165, 1.54) is 36.9 Å². The SMILES string of the molecule is Cc1nc2c(c(NCC3CCCCC3O)n1)CCCC2. The van der Waals surface area contributed by atoms with Crippen LogP contribution in [-0.2, 0) is 12.8 Å². The van der Waals surface area contributed by atoms with Crippen LogP contribution in [0.3, 0.4) is 0 Å². The molecule has 0 spiro atoms. The average Bonchev–Trinajstić information content (AvgIpc) is 2.46. The lowest BCUT2D eigenvalue weighted by Crippen LogP contribution is -2.31. The van der Waals surface area contributed by atoms with Gasteiger partial charge in [0.15, 0.2) is 0 Å². The molecule has 110 valence electrons. The zero-order valence-corrected chi connectivity index (χ0v) is 12.4. The van der Waals surface area contributed by atoms with Crippen molar-refractivity contribution in [2.45, 2.75) is 64.4 Å². The van der Waals surface area contributed by atoms with E-state index in [1.54, 1.807) is 0 Å². The zero-order chi connectivity index (χ0) is 13.9. The van der Waals surface area contributed by atoms with Gasteiger partial charge in [0.05, 0.1) is 6.10 Å². The standard InChI is InChI=1S/C16H25N3O/c1-11-18-14-8-4-3-7-13(14)16(19-11)17-10-12-6-2-5-9-15(12)20/h12,15,20H,2-10H2,1H3,(H,17,18,19). The predicted molar refractivity (Wildman–Crippen MR) is 79.9 cm³/mol. The molecule has 0 radical (unpaired) electrons. The van der Waals surface area contributed by atoms with Gasteiger partial charge in [-0.1, -0.05) is 12.8 Å². The third-order valence-corrected chi connectivity index (χ3v) is 4.70. The van der Waals surface area contributed by atoms with Crippen LogP contribution < -0.4 is 5.32 Å². The number of aryl methyl sites for hydroxylation is 2. The van der Waals surface area contributed by atoms with E-state index in [0.717, 1.165) is 43.9 Å². The molecule has 4 nitrogen and oxygen atoms in total. The summed E-state index contributed by atoms with van der Waals surface area (Å²) < 4.78 is 0. The molecule has 4 heteroatoms. The maximum absolute atomic E-state index is 10.1. The molecule has 2 aliphatic rings. The van der Waals surface area contributed by atoms with Gasteiger partial charge in [-0.25, -0.2) is 9.97 Å². The minimum absolute atomic E-state index is 0.144. The first-order chi connectivity index (χ1) is 9.74. The summed E-state index contributed by atoms with van der Waals surface area (Å²) in [5.74, 6) is 2.25. The molecule has 1 saturated carbocycles. The molecule has 0 saturated heterocycles. The van der Waals surface area contributed by atoms with Crippen molar-refractivity contribution in [1.29, 1.82) is 0 Å². The van der Waals surface area contributed by atoms with Crippen LogP contribution in [0.2, 0.25) is 0 Å². The summed E-state index contributed by atoms with van der Waals surface area (Å²) in [6, 6.07) is 0. The Kier molecular flexibility index (Phi) is 4.20. The zero-order valence-electron chi connectivity index (χ0n) is 12.4. The molecule has 1 heterocycles. The van der Waals surface area contributed by atoms with Crippen molar-refractivity contribution >= 4 is 5.82 Å². The van der Waals surface area contributed by atoms with E-state index in [0.29, 0.717) is 5.92 Å². The number of rotatable bonds is 3. The van der Waals surface area contributed by atoms with Gasteiger partial charge in [-0.05, 0) is 45.4 Å².